The zero-order chi connectivity index (χ0) is 11.4. The zero-order valence-electron chi connectivity index (χ0n) is 7.73. The molecule has 15 heavy (non-hydrogen) atoms. The van der Waals surface area contributed by atoms with Crippen LogP contribution in [0.1, 0.15) is 6.92 Å². The second kappa shape index (κ2) is 4.56. The van der Waals surface area contributed by atoms with Gasteiger partial charge in [-0.15, -0.1) is 0 Å². The van der Waals surface area contributed by atoms with Crippen molar-refractivity contribution in [3.8, 4) is 0 Å². The fraction of sp³-hybridized carbons (Fsp3) is 0.143. The van der Waals surface area contributed by atoms with E-state index >= 15 is 0 Å². The Hall–Kier alpha value is -1.89. The number of hydrogen-bond acceptors (Lipinski definition) is 5. The molecule has 7 nitrogen and oxygen atoms in total. The van der Waals surface area contributed by atoms with Crippen LogP contribution in [0.4, 0.5) is 5.95 Å². The molecule has 0 saturated heterocycles. The highest BCUT2D eigenvalue weighted by molar-refractivity contribution is 6.33. The van der Waals surface area contributed by atoms with Crippen LogP contribution in [0.3, 0.4) is 0 Å². The lowest BCUT2D eigenvalue weighted by Gasteiger charge is -1.92. The fourth-order valence-electron chi connectivity index (χ4n) is 0.814. The molecule has 2 rings (SSSR count). The highest BCUT2D eigenvalue weighted by atomic mass is 35.5. The van der Waals surface area contributed by atoms with E-state index in [2.05, 4.69) is 19.9 Å². The minimum Gasteiger partial charge on any atom is -0.481 e. The van der Waals surface area contributed by atoms with E-state index in [0.29, 0.717) is 16.3 Å². The third-order valence-electron chi connectivity index (χ3n) is 1.26. The first-order valence-electron chi connectivity index (χ1n) is 3.82. The first kappa shape index (κ1) is 11.2. The molecule has 80 valence electrons. The minimum absolute atomic E-state index is 0.134. The first-order valence-corrected chi connectivity index (χ1v) is 4.20. The Kier molecular flexibility index (Phi) is 3.40. The maximum atomic E-state index is 9.00. The lowest BCUT2D eigenvalue weighted by Crippen LogP contribution is -1.94. The van der Waals surface area contributed by atoms with E-state index in [-0.39, 0.29) is 5.95 Å². The molecular weight excluding hydrogens is 222 g/mol. The Morgan fingerprint density at radius 3 is 2.80 bits per heavy atom. The second-order valence-electron chi connectivity index (χ2n) is 2.49. The standard InChI is InChI=1S/C5H4ClN5.C2H4O2/c6-3-2-4(9-1-8-2)11-5(7)10-3;1-2(3)4/h1H,(H3,7,8,9,10,11);1H3,(H,3,4). The van der Waals surface area contributed by atoms with E-state index in [1.165, 1.54) is 6.33 Å². The summed E-state index contributed by atoms with van der Waals surface area (Å²) in [4.78, 5) is 23.2. The number of nitrogens with zero attached hydrogens (tertiary/aromatic N) is 3. The van der Waals surface area contributed by atoms with Gasteiger partial charge in [-0.3, -0.25) is 4.79 Å². The molecule has 0 radical (unpaired) electrons. The van der Waals surface area contributed by atoms with Crippen LogP contribution in [-0.2, 0) is 4.79 Å². The smallest absolute Gasteiger partial charge is 0.300 e. The third-order valence-corrected chi connectivity index (χ3v) is 1.53. The molecule has 0 amide bonds. The SMILES string of the molecule is CC(=O)O.Nc1nc(Cl)c2[nH]cnc2n1. The number of H-pyrrole nitrogens is 1. The summed E-state index contributed by atoms with van der Waals surface area (Å²) in [5.41, 5.74) is 6.42. The summed E-state index contributed by atoms with van der Waals surface area (Å²) in [6.07, 6.45) is 1.49. The molecule has 2 aromatic rings. The summed E-state index contributed by atoms with van der Waals surface area (Å²) in [5.74, 6) is -0.699. The van der Waals surface area contributed by atoms with Crippen molar-refractivity contribution in [3.05, 3.63) is 11.5 Å². The van der Waals surface area contributed by atoms with Crippen LogP contribution in [0.2, 0.25) is 5.15 Å². The van der Waals surface area contributed by atoms with Gasteiger partial charge in [0.15, 0.2) is 10.8 Å². The zero-order valence-corrected chi connectivity index (χ0v) is 8.49. The predicted octanol–water partition coefficient (Wildman–Crippen LogP) is 0.679. The summed E-state index contributed by atoms with van der Waals surface area (Å²) in [6, 6.07) is 0. The van der Waals surface area contributed by atoms with E-state index < -0.39 is 5.97 Å². The number of imidazole rings is 1. The Balaban J connectivity index is 0.000000245. The van der Waals surface area contributed by atoms with Crippen LogP contribution in [0.25, 0.3) is 11.2 Å². The first-order chi connectivity index (χ1) is 7.00. The number of carboxylic acid groups (broad SMARTS) is 1. The fourth-order valence-corrected chi connectivity index (χ4v) is 1.04. The van der Waals surface area contributed by atoms with Crippen LogP contribution in [0, 0.1) is 0 Å². The number of anilines is 1. The molecule has 4 N–H and O–H groups in total. The number of fused-ring (bicyclic) bond motifs is 1. The number of nitrogens with two attached hydrogens (primary N) is 1. The van der Waals surface area contributed by atoms with Crippen LogP contribution in [-0.4, -0.2) is 31.0 Å². The molecule has 0 fully saturated rings. The minimum atomic E-state index is -0.833. The Bertz CT molecular complexity index is 479. The van der Waals surface area contributed by atoms with Gasteiger partial charge in [0.1, 0.15) is 5.52 Å². The normalized spacial score (nSPS) is 9.47. The largest absolute Gasteiger partial charge is 0.481 e. The number of halogens is 1. The number of nitrogens with one attached hydrogen (secondary N) is 1. The van der Waals surface area contributed by atoms with Crippen molar-refractivity contribution in [1.29, 1.82) is 0 Å². The molecule has 0 aliphatic heterocycles. The number of aliphatic carboxylic acids is 1. The number of aromatic nitrogens is 4. The van der Waals surface area contributed by atoms with Gasteiger partial charge in [0, 0.05) is 6.92 Å². The molecule has 2 aromatic heterocycles. The van der Waals surface area contributed by atoms with Crippen LogP contribution >= 0.6 is 11.6 Å². The second-order valence-corrected chi connectivity index (χ2v) is 2.85. The summed E-state index contributed by atoms with van der Waals surface area (Å²) in [7, 11) is 0. The van der Waals surface area contributed by atoms with Gasteiger partial charge in [0.05, 0.1) is 6.33 Å². The molecule has 0 aromatic carbocycles. The van der Waals surface area contributed by atoms with Gasteiger partial charge in [-0.05, 0) is 0 Å². The van der Waals surface area contributed by atoms with Crippen LogP contribution < -0.4 is 5.73 Å². The molecule has 0 saturated carbocycles. The number of aromatic amines is 1. The van der Waals surface area contributed by atoms with Crippen molar-refractivity contribution in [2.45, 2.75) is 6.92 Å². The molecule has 8 heteroatoms. The van der Waals surface area contributed by atoms with Gasteiger partial charge in [0.2, 0.25) is 5.95 Å². The number of carbonyl (C=O) groups is 1. The van der Waals surface area contributed by atoms with E-state index in [1.807, 2.05) is 0 Å². The Morgan fingerprint density at radius 2 is 2.20 bits per heavy atom. The Morgan fingerprint density at radius 1 is 1.60 bits per heavy atom. The van der Waals surface area contributed by atoms with E-state index in [0.717, 1.165) is 6.92 Å². The molecule has 0 bridgehead atoms. The van der Waals surface area contributed by atoms with Gasteiger partial charge >= 0.3 is 0 Å². The highest BCUT2D eigenvalue weighted by Crippen LogP contribution is 2.16. The van der Waals surface area contributed by atoms with Crippen molar-refractivity contribution in [1.82, 2.24) is 19.9 Å². The molecule has 2 heterocycles. The summed E-state index contributed by atoms with van der Waals surface area (Å²) in [5, 5.41) is 7.71. The van der Waals surface area contributed by atoms with Crippen molar-refractivity contribution in [2.24, 2.45) is 0 Å². The predicted molar refractivity (Wildman–Crippen MR) is 54.4 cm³/mol. The maximum Gasteiger partial charge on any atom is 0.300 e. The van der Waals surface area contributed by atoms with Crippen molar-refractivity contribution in [2.75, 3.05) is 5.73 Å². The quantitative estimate of drug-likeness (QED) is 0.572. The number of rotatable bonds is 0. The monoisotopic (exact) mass is 229 g/mol. The van der Waals surface area contributed by atoms with Gasteiger partial charge in [-0.1, -0.05) is 11.6 Å². The number of hydrogen-bond donors (Lipinski definition) is 3. The van der Waals surface area contributed by atoms with Crippen LogP contribution in [0.15, 0.2) is 6.33 Å². The molecular formula is C7H8ClN5O2. The summed E-state index contributed by atoms with van der Waals surface area (Å²) < 4.78 is 0. The molecule has 0 aliphatic rings. The number of nitrogen functional groups attached to an aromatic ring is 1. The number of carboxylic acids is 1. The molecule has 0 atom stereocenters. The lowest BCUT2D eigenvalue weighted by atomic mass is 10.6. The maximum absolute atomic E-state index is 9.00. The van der Waals surface area contributed by atoms with E-state index in [9.17, 15) is 0 Å². The van der Waals surface area contributed by atoms with Crippen molar-refractivity contribution < 1.29 is 9.90 Å². The summed E-state index contributed by atoms with van der Waals surface area (Å²) >= 11 is 5.70. The lowest BCUT2D eigenvalue weighted by molar-refractivity contribution is -0.134. The molecule has 0 unspecified atom stereocenters. The average Bonchev–Trinajstić information content (AvgIpc) is 2.50. The van der Waals surface area contributed by atoms with E-state index in [1.54, 1.807) is 0 Å². The van der Waals surface area contributed by atoms with Gasteiger partial charge in [-0.25, -0.2) is 4.98 Å². The summed E-state index contributed by atoms with van der Waals surface area (Å²) in [6.45, 7) is 1.08. The highest BCUT2D eigenvalue weighted by Gasteiger charge is 2.04. The van der Waals surface area contributed by atoms with E-state index in [4.69, 9.17) is 27.2 Å². The Labute approximate surface area is 89.3 Å². The topological polar surface area (TPSA) is 118 Å². The van der Waals surface area contributed by atoms with Crippen molar-refractivity contribution in [3.63, 3.8) is 0 Å². The third kappa shape index (κ3) is 3.06. The average molecular weight is 230 g/mol. The van der Waals surface area contributed by atoms with Gasteiger partial charge < -0.3 is 15.8 Å². The van der Waals surface area contributed by atoms with Gasteiger partial charge in [0.25, 0.3) is 5.97 Å². The van der Waals surface area contributed by atoms with Crippen molar-refractivity contribution >= 4 is 34.7 Å². The molecule has 0 spiro atoms. The van der Waals surface area contributed by atoms with Gasteiger partial charge in [-0.2, -0.15) is 9.97 Å². The van der Waals surface area contributed by atoms with Crippen LogP contribution in [0.5, 0.6) is 0 Å². The molecule has 0 aliphatic carbocycles.